The Hall–Kier alpha value is -2.80. The van der Waals surface area contributed by atoms with Crippen LogP contribution < -0.4 is 10.5 Å². The first-order chi connectivity index (χ1) is 11.5. The number of hydrogen-bond donors (Lipinski definition) is 2. The fourth-order valence-corrected chi connectivity index (χ4v) is 3.71. The second kappa shape index (κ2) is 6.37. The Morgan fingerprint density at radius 1 is 1.12 bits per heavy atom. The van der Waals surface area contributed by atoms with E-state index in [1.807, 2.05) is 30.3 Å². The molecule has 0 amide bonds. The first kappa shape index (κ1) is 16.1. The lowest BCUT2D eigenvalue weighted by atomic mass is 10.2. The topological polar surface area (TPSA) is 90.0 Å². The quantitative estimate of drug-likeness (QED) is 0.698. The van der Waals surface area contributed by atoms with Gasteiger partial charge in [-0.2, -0.15) is 5.10 Å². The van der Waals surface area contributed by atoms with Crippen molar-refractivity contribution in [2.45, 2.75) is 18.4 Å². The molecule has 0 unspecified atom stereocenters. The van der Waals surface area contributed by atoms with E-state index in [1.165, 1.54) is 12.3 Å². The molecule has 0 saturated heterocycles. The summed E-state index contributed by atoms with van der Waals surface area (Å²) in [6, 6.07) is 14.6. The molecular weight excluding hydrogens is 324 g/mol. The van der Waals surface area contributed by atoms with Gasteiger partial charge < -0.3 is 5.73 Å². The van der Waals surface area contributed by atoms with E-state index < -0.39 is 10.0 Å². The summed E-state index contributed by atoms with van der Waals surface area (Å²) < 4.78 is 29.3. The molecule has 0 saturated carbocycles. The molecule has 1 heterocycles. The number of benzene rings is 2. The van der Waals surface area contributed by atoms with Crippen molar-refractivity contribution < 1.29 is 8.42 Å². The largest absolute Gasteiger partial charge is 0.398 e. The molecule has 0 fully saturated rings. The molecule has 1 aromatic heterocycles. The second-order valence-electron chi connectivity index (χ2n) is 5.49. The maximum atomic E-state index is 12.5. The highest BCUT2D eigenvalue weighted by Gasteiger charge is 2.18. The van der Waals surface area contributed by atoms with Gasteiger partial charge in [0.2, 0.25) is 0 Å². The van der Waals surface area contributed by atoms with Gasteiger partial charge in [0.05, 0.1) is 23.3 Å². The molecule has 124 valence electrons. The van der Waals surface area contributed by atoms with E-state index in [9.17, 15) is 8.42 Å². The van der Waals surface area contributed by atoms with E-state index in [-0.39, 0.29) is 4.90 Å². The predicted molar refractivity (Wildman–Crippen MR) is 94.2 cm³/mol. The van der Waals surface area contributed by atoms with E-state index in [2.05, 4.69) is 9.82 Å². The summed E-state index contributed by atoms with van der Waals surface area (Å²) in [6.07, 6.45) is 3.15. The molecule has 7 heteroatoms. The third-order valence-electron chi connectivity index (χ3n) is 3.69. The van der Waals surface area contributed by atoms with Gasteiger partial charge in [-0.3, -0.25) is 9.40 Å². The molecule has 2 aromatic carbocycles. The molecule has 0 aliphatic heterocycles. The highest BCUT2D eigenvalue weighted by Crippen LogP contribution is 2.23. The van der Waals surface area contributed by atoms with Crippen molar-refractivity contribution in [3.05, 3.63) is 72.1 Å². The third-order valence-corrected chi connectivity index (χ3v) is 5.21. The Labute approximate surface area is 141 Å². The van der Waals surface area contributed by atoms with Crippen molar-refractivity contribution in [3.8, 4) is 0 Å². The van der Waals surface area contributed by atoms with E-state index in [0.29, 0.717) is 23.5 Å². The molecule has 24 heavy (non-hydrogen) atoms. The lowest BCUT2D eigenvalue weighted by molar-refractivity contribution is 0.600. The van der Waals surface area contributed by atoms with Crippen LogP contribution in [0.2, 0.25) is 0 Å². The van der Waals surface area contributed by atoms with Crippen LogP contribution in [0, 0.1) is 6.92 Å². The normalized spacial score (nSPS) is 11.4. The molecular formula is C17H18N4O2S. The number of rotatable bonds is 5. The average Bonchev–Trinajstić information content (AvgIpc) is 2.97. The molecule has 0 atom stereocenters. The van der Waals surface area contributed by atoms with Crippen LogP contribution in [0.15, 0.2) is 65.8 Å². The smallest absolute Gasteiger partial charge is 0.262 e. The fraction of sp³-hybridized carbons (Fsp3) is 0.118. The number of nitrogens with one attached hydrogen (secondary N) is 1. The van der Waals surface area contributed by atoms with Gasteiger partial charge in [-0.1, -0.05) is 36.4 Å². The molecule has 0 spiro atoms. The summed E-state index contributed by atoms with van der Waals surface area (Å²) in [5.74, 6) is 0. The van der Waals surface area contributed by atoms with E-state index in [4.69, 9.17) is 5.73 Å². The zero-order valence-corrected chi connectivity index (χ0v) is 14.0. The maximum absolute atomic E-state index is 12.5. The van der Waals surface area contributed by atoms with E-state index >= 15 is 0 Å². The van der Waals surface area contributed by atoms with Gasteiger partial charge in [0, 0.05) is 11.9 Å². The second-order valence-corrected chi connectivity index (χ2v) is 7.14. The Morgan fingerprint density at radius 2 is 1.88 bits per heavy atom. The van der Waals surface area contributed by atoms with Crippen LogP contribution in [-0.2, 0) is 16.6 Å². The fourth-order valence-electron chi connectivity index (χ4n) is 2.41. The van der Waals surface area contributed by atoms with Crippen LogP contribution in [0.25, 0.3) is 0 Å². The van der Waals surface area contributed by atoms with Crippen molar-refractivity contribution in [2.24, 2.45) is 0 Å². The van der Waals surface area contributed by atoms with Crippen molar-refractivity contribution >= 4 is 21.4 Å². The molecule has 0 radical (unpaired) electrons. The summed E-state index contributed by atoms with van der Waals surface area (Å²) >= 11 is 0. The van der Waals surface area contributed by atoms with E-state index in [1.54, 1.807) is 29.9 Å². The molecule has 6 nitrogen and oxygen atoms in total. The van der Waals surface area contributed by atoms with Gasteiger partial charge in [-0.15, -0.1) is 0 Å². The first-order valence-electron chi connectivity index (χ1n) is 7.40. The summed E-state index contributed by atoms with van der Waals surface area (Å²) in [4.78, 5) is 0.165. The Morgan fingerprint density at radius 3 is 2.62 bits per heavy atom. The van der Waals surface area contributed by atoms with Gasteiger partial charge >= 0.3 is 0 Å². The molecule has 3 aromatic rings. The van der Waals surface area contributed by atoms with Crippen LogP contribution in [0.1, 0.15) is 11.1 Å². The minimum absolute atomic E-state index is 0.165. The number of sulfonamides is 1. The van der Waals surface area contributed by atoms with Crippen molar-refractivity contribution in [2.75, 3.05) is 10.5 Å². The number of nitrogen functional groups attached to an aromatic ring is 1. The summed E-state index contributed by atoms with van der Waals surface area (Å²) in [5, 5.41) is 4.19. The van der Waals surface area contributed by atoms with Crippen LogP contribution in [0.3, 0.4) is 0 Å². The number of nitrogens with two attached hydrogens (primary N) is 1. The lowest BCUT2D eigenvalue weighted by Gasteiger charge is -2.10. The minimum atomic E-state index is -3.71. The molecule has 0 aliphatic carbocycles. The van der Waals surface area contributed by atoms with Crippen molar-refractivity contribution in [3.63, 3.8) is 0 Å². The maximum Gasteiger partial charge on any atom is 0.262 e. The van der Waals surface area contributed by atoms with Crippen molar-refractivity contribution in [1.29, 1.82) is 0 Å². The Bertz CT molecular complexity index is 950. The predicted octanol–water partition coefficient (Wildman–Crippen LogP) is 2.62. The van der Waals surface area contributed by atoms with Crippen LogP contribution >= 0.6 is 0 Å². The lowest BCUT2D eigenvalue weighted by Crippen LogP contribution is -2.14. The monoisotopic (exact) mass is 342 g/mol. The molecule has 0 bridgehead atoms. The van der Waals surface area contributed by atoms with Crippen molar-refractivity contribution in [1.82, 2.24) is 9.78 Å². The van der Waals surface area contributed by atoms with Crippen LogP contribution in [0.4, 0.5) is 11.4 Å². The summed E-state index contributed by atoms with van der Waals surface area (Å²) in [6.45, 7) is 2.25. The standard InChI is InChI=1S/C17H18N4O2S/c1-13-16(18)8-5-9-17(13)24(22,23)20-15-10-19-21(12-15)11-14-6-3-2-4-7-14/h2-10,12,20H,11,18H2,1H3. The Balaban J connectivity index is 1.80. The SMILES string of the molecule is Cc1c(N)cccc1S(=O)(=O)Nc1cnn(Cc2ccccc2)c1. The number of nitrogens with zero attached hydrogens (tertiary/aromatic N) is 2. The summed E-state index contributed by atoms with van der Waals surface area (Å²) in [5.41, 5.74) is 8.26. The van der Waals surface area contributed by atoms with Gasteiger partial charge in [0.25, 0.3) is 10.0 Å². The highest BCUT2D eigenvalue weighted by atomic mass is 32.2. The minimum Gasteiger partial charge on any atom is -0.398 e. The average molecular weight is 342 g/mol. The third kappa shape index (κ3) is 3.41. The summed E-state index contributed by atoms with van der Waals surface area (Å²) in [7, 11) is -3.71. The highest BCUT2D eigenvalue weighted by molar-refractivity contribution is 7.92. The zero-order valence-electron chi connectivity index (χ0n) is 13.2. The van der Waals surface area contributed by atoms with E-state index in [0.717, 1.165) is 5.56 Å². The number of aromatic nitrogens is 2. The van der Waals surface area contributed by atoms with Gasteiger partial charge in [-0.05, 0) is 30.2 Å². The van der Waals surface area contributed by atoms with Crippen LogP contribution in [0.5, 0.6) is 0 Å². The molecule has 3 N–H and O–H groups in total. The van der Waals surface area contributed by atoms with Gasteiger partial charge in [0.15, 0.2) is 0 Å². The first-order valence-corrected chi connectivity index (χ1v) is 8.88. The van der Waals surface area contributed by atoms with Crippen LogP contribution in [-0.4, -0.2) is 18.2 Å². The number of anilines is 2. The number of hydrogen-bond acceptors (Lipinski definition) is 4. The van der Waals surface area contributed by atoms with Gasteiger partial charge in [-0.25, -0.2) is 8.42 Å². The Kier molecular flexibility index (Phi) is 4.26. The van der Waals surface area contributed by atoms with Gasteiger partial charge in [0.1, 0.15) is 0 Å². The molecule has 0 aliphatic rings. The molecule has 3 rings (SSSR count). The zero-order chi connectivity index (χ0) is 17.2.